The van der Waals surface area contributed by atoms with Gasteiger partial charge in [0.25, 0.3) is 0 Å². The largest absolute Gasteiger partial charge is 0.453 e. The summed E-state index contributed by atoms with van der Waals surface area (Å²) in [7, 11) is 1.37. The molecule has 1 aliphatic heterocycles. The molecule has 0 aromatic heterocycles. The molecule has 1 N–H and O–H groups in total. The maximum atomic E-state index is 12.9. The van der Waals surface area contributed by atoms with E-state index in [9.17, 15) is 9.59 Å². The Balaban J connectivity index is 1.20. The molecule has 5 heteroatoms. The Bertz CT molecular complexity index is 779. The monoisotopic (exact) mass is 368 g/mol. The molecule has 2 amide bonds. The summed E-state index contributed by atoms with van der Waals surface area (Å²) in [5.41, 5.74) is 2.78. The van der Waals surface area contributed by atoms with Gasteiger partial charge in [0.1, 0.15) is 0 Å². The summed E-state index contributed by atoms with van der Waals surface area (Å²) in [5, 5.41) is 2.86. The minimum Gasteiger partial charge on any atom is -0.453 e. The summed E-state index contributed by atoms with van der Waals surface area (Å²) >= 11 is 0. The molecule has 27 heavy (non-hydrogen) atoms. The third-order valence-corrected chi connectivity index (χ3v) is 7.32. The van der Waals surface area contributed by atoms with Crippen LogP contribution in [0.15, 0.2) is 24.3 Å². The van der Waals surface area contributed by atoms with Crippen molar-refractivity contribution >= 4 is 12.0 Å². The summed E-state index contributed by atoms with van der Waals surface area (Å²) in [5.74, 6) is 1.70. The number of nitrogens with zero attached hydrogens (tertiary/aromatic N) is 1. The summed E-state index contributed by atoms with van der Waals surface area (Å²) in [6.45, 7) is 3.73. The third-order valence-electron chi connectivity index (χ3n) is 7.32. The molecule has 1 aromatic carbocycles. The number of rotatable bonds is 4. The van der Waals surface area contributed by atoms with Crippen molar-refractivity contribution in [3.63, 3.8) is 0 Å². The molecule has 3 saturated carbocycles. The first kappa shape index (κ1) is 17.1. The number of likely N-dealkylation sites (tertiary alicyclic amines) is 1. The lowest BCUT2D eigenvalue weighted by molar-refractivity contribution is -0.140. The van der Waals surface area contributed by atoms with Crippen molar-refractivity contribution in [2.24, 2.45) is 11.8 Å². The lowest BCUT2D eigenvalue weighted by atomic mass is 9.69. The predicted octanol–water partition coefficient (Wildman–Crippen LogP) is 3.19. The molecule has 5 nitrogen and oxygen atoms in total. The average molecular weight is 368 g/mol. The fourth-order valence-corrected chi connectivity index (χ4v) is 5.46. The highest BCUT2D eigenvalue weighted by atomic mass is 16.5. The van der Waals surface area contributed by atoms with E-state index in [0.717, 1.165) is 19.0 Å². The van der Waals surface area contributed by atoms with Gasteiger partial charge in [-0.05, 0) is 62.0 Å². The standard InChI is InChI=1S/C22H28N2O3/c1-21(23-20(26)27-2)9-16(10-21)19(25)24-12-18-11-22(18,13-24)17-7-5-15(6-8-17)14-3-4-14/h5-8,14,16,18H,3-4,9-13H2,1-2H3,(H,23,26). The third kappa shape index (κ3) is 2.82. The van der Waals surface area contributed by atoms with E-state index in [4.69, 9.17) is 0 Å². The van der Waals surface area contributed by atoms with Gasteiger partial charge >= 0.3 is 6.09 Å². The van der Waals surface area contributed by atoms with E-state index in [1.807, 2.05) is 6.92 Å². The average Bonchev–Trinajstić information content (AvgIpc) is 3.57. The van der Waals surface area contributed by atoms with Gasteiger partial charge in [-0.1, -0.05) is 24.3 Å². The van der Waals surface area contributed by atoms with E-state index in [2.05, 4.69) is 39.2 Å². The highest BCUT2D eigenvalue weighted by Gasteiger charge is 2.62. The molecular weight excluding hydrogens is 340 g/mol. The van der Waals surface area contributed by atoms with E-state index in [-0.39, 0.29) is 22.8 Å². The van der Waals surface area contributed by atoms with Crippen LogP contribution in [0, 0.1) is 11.8 Å². The second kappa shape index (κ2) is 5.73. The van der Waals surface area contributed by atoms with Crippen molar-refractivity contribution in [3.8, 4) is 0 Å². The van der Waals surface area contributed by atoms with Crippen molar-refractivity contribution in [1.82, 2.24) is 10.2 Å². The number of nitrogens with one attached hydrogen (secondary N) is 1. The van der Waals surface area contributed by atoms with Crippen molar-refractivity contribution in [3.05, 3.63) is 35.4 Å². The zero-order valence-electron chi connectivity index (χ0n) is 16.2. The maximum Gasteiger partial charge on any atom is 0.407 e. The SMILES string of the molecule is COC(=O)NC1(C)CC(C(=O)N2CC3CC3(c3ccc(C4CC4)cc3)C2)C1. The lowest BCUT2D eigenvalue weighted by Gasteiger charge is -2.45. The van der Waals surface area contributed by atoms with Gasteiger partial charge in [-0.2, -0.15) is 0 Å². The summed E-state index contributed by atoms with van der Waals surface area (Å²) in [6.07, 6.45) is 4.86. The van der Waals surface area contributed by atoms with E-state index < -0.39 is 6.09 Å². The normalized spacial score (nSPS) is 36.6. The Hall–Kier alpha value is -2.04. The minimum absolute atomic E-state index is 0.0268. The van der Waals surface area contributed by atoms with Crippen LogP contribution >= 0.6 is 0 Å². The number of methoxy groups -OCH3 is 1. The van der Waals surface area contributed by atoms with Crippen LogP contribution in [-0.2, 0) is 14.9 Å². The van der Waals surface area contributed by atoms with Gasteiger partial charge in [-0.25, -0.2) is 4.79 Å². The smallest absolute Gasteiger partial charge is 0.407 e. The molecule has 0 spiro atoms. The highest BCUT2D eigenvalue weighted by molar-refractivity contribution is 5.82. The molecule has 0 bridgehead atoms. The zero-order valence-corrected chi connectivity index (χ0v) is 16.2. The Morgan fingerprint density at radius 1 is 1.15 bits per heavy atom. The van der Waals surface area contributed by atoms with Gasteiger partial charge in [-0.15, -0.1) is 0 Å². The van der Waals surface area contributed by atoms with E-state index in [1.54, 1.807) is 0 Å². The Labute approximate surface area is 160 Å². The van der Waals surface area contributed by atoms with Crippen LogP contribution in [0.1, 0.15) is 56.1 Å². The highest BCUT2D eigenvalue weighted by Crippen LogP contribution is 2.59. The van der Waals surface area contributed by atoms with E-state index in [0.29, 0.717) is 18.8 Å². The Morgan fingerprint density at radius 2 is 1.85 bits per heavy atom. The Kier molecular flexibility index (Phi) is 3.62. The summed E-state index contributed by atoms with van der Waals surface area (Å²) < 4.78 is 4.68. The molecule has 1 aromatic rings. The molecule has 1 heterocycles. The molecule has 144 valence electrons. The van der Waals surface area contributed by atoms with Crippen LogP contribution in [0.3, 0.4) is 0 Å². The number of hydrogen-bond donors (Lipinski definition) is 1. The number of amides is 2. The fraction of sp³-hybridized carbons (Fsp3) is 0.636. The van der Waals surface area contributed by atoms with Crippen molar-refractivity contribution in [2.45, 2.75) is 55.9 Å². The first-order valence-corrected chi connectivity index (χ1v) is 10.2. The molecule has 1 saturated heterocycles. The number of ether oxygens (including phenoxy) is 1. The summed E-state index contributed by atoms with van der Waals surface area (Å²) in [4.78, 5) is 26.5. The van der Waals surface area contributed by atoms with Crippen LogP contribution in [0.4, 0.5) is 4.79 Å². The molecule has 2 atom stereocenters. The maximum absolute atomic E-state index is 12.9. The van der Waals surface area contributed by atoms with E-state index >= 15 is 0 Å². The van der Waals surface area contributed by atoms with Gasteiger partial charge in [0.05, 0.1) is 7.11 Å². The topological polar surface area (TPSA) is 58.6 Å². The van der Waals surface area contributed by atoms with Crippen LogP contribution in [0.2, 0.25) is 0 Å². The second-order valence-corrected chi connectivity index (χ2v) is 9.45. The van der Waals surface area contributed by atoms with Gasteiger partial charge < -0.3 is 15.0 Å². The quantitative estimate of drug-likeness (QED) is 0.888. The number of alkyl carbamates (subject to hydrolysis) is 1. The first-order valence-electron chi connectivity index (χ1n) is 10.2. The lowest BCUT2D eigenvalue weighted by Crippen LogP contribution is -2.58. The fourth-order valence-electron chi connectivity index (χ4n) is 5.46. The van der Waals surface area contributed by atoms with Gasteiger partial charge in [0.15, 0.2) is 0 Å². The van der Waals surface area contributed by atoms with Crippen molar-refractivity contribution in [2.75, 3.05) is 20.2 Å². The van der Waals surface area contributed by atoms with Gasteiger partial charge in [0.2, 0.25) is 5.91 Å². The number of hydrogen-bond acceptors (Lipinski definition) is 3. The zero-order chi connectivity index (χ0) is 18.8. The van der Waals surface area contributed by atoms with Crippen LogP contribution in [-0.4, -0.2) is 42.6 Å². The van der Waals surface area contributed by atoms with Crippen LogP contribution in [0.25, 0.3) is 0 Å². The molecule has 3 aliphatic carbocycles. The van der Waals surface area contributed by atoms with Gasteiger partial charge in [-0.3, -0.25) is 4.79 Å². The second-order valence-electron chi connectivity index (χ2n) is 9.45. The first-order chi connectivity index (χ1) is 12.9. The molecule has 0 radical (unpaired) electrons. The van der Waals surface area contributed by atoms with Crippen LogP contribution in [0.5, 0.6) is 0 Å². The van der Waals surface area contributed by atoms with Crippen molar-refractivity contribution < 1.29 is 14.3 Å². The predicted molar refractivity (Wildman–Crippen MR) is 101 cm³/mol. The number of carbonyl (C=O) groups is 2. The Morgan fingerprint density at radius 3 is 2.48 bits per heavy atom. The van der Waals surface area contributed by atoms with Gasteiger partial charge in [0, 0.05) is 30.0 Å². The number of carbonyl (C=O) groups excluding carboxylic acids is 2. The van der Waals surface area contributed by atoms with E-state index in [1.165, 1.54) is 37.5 Å². The van der Waals surface area contributed by atoms with Crippen molar-refractivity contribution in [1.29, 1.82) is 0 Å². The number of piperidine rings is 1. The molecule has 5 rings (SSSR count). The molecule has 2 unspecified atom stereocenters. The minimum atomic E-state index is -0.417. The molecule has 4 fully saturated rings. The molecule has 4 aliphatic rings. The summed E-state index contributed by atoms with van der Waals surface area (Å²) in [6, 6.07) is 9.22. The van der Waals surface area contributed by atoms with Crippen LogP contribution < -0.4 is 5.32 Å². The number of fused-ring (bicyclic) bond motifs is 1. The molecular formula is C22H28N2O3. The number of benzene rings is 1.